The van der Waals surface area contributed by atoms with Crippen molar-refractivity contribution in [3.63, 3.8) is 0 Å². The monoisotopic (exact) mass is 313 g/mol. The van der Waals surface area contributed by atoms with Crippen LogP contribution in [0.1, 0.15) is 26.7 Å². The van der Waals surface area contributed by atoms with Gasteiger partial charge in [0.1, 0.15) is 0 Å². The van der Waals surface area contributed by atoms with E-state index in [0.717, 1.165) is 25.1 Å². The number of benzene rings is 1. The molecule has 1 aliphatic rings. The summed E-state index contributed by atoms with van der Waals surface area (Å²) in [5, 5.41) is 8.41. The van der Waals surface area contributed by atoms with E-state index in [4.69, 9.17) is 9.88 Å². The predicted molar refractivity (Wildman–Crippen MR) is 84.4 cm³/mol. The van der Waals surface area contributed by atoms with Gasteiger partial charge < -0.3 is 10.1 Å². The van der Waals surface area contributed by atoms with Crippen LogP contribution in [0.3, 0.4) is 0 Å². The molecule has 0 radical (unpaired) electrons. The topological polar surface area (TPSA) is 93.5 Å². The molecule has 2 unspecified atom stereocenters. The molecule has 0 aromatic heterocycles. The summed E-state index contributed by atoms with van der Waals surface area (Å²) in [4.78, 5) is 0. The van der Waals surface area contributed by atoms with Crippen LogP contribution in [0.5, 0.6) is 0 Å². The molecule has 0 aliphatic carbocycles. The van der Waals surface area contributed by atoms with Gasteiger partial charge in [-0.25, -0.2) is 5.14 Å². The minimum atomic E-state index is -3.74. The molecular formula is C14H23N3O3S. The maximum Gasteiger partial charge on any atom is 0.296 e. The second-order valence-electron chi connectivity index (χ2n) is 5.75. The smallest absolute Gasteiger partial charge is 0.296 e. The lowest BCUT2D eigenvalue weighted by Crippen LogP contribution is -2.36. The van der Waals surface area contributed by atoms with Crippen molar-refractivity contribution in [1.29, 1.82) is 0 Å². The Morgan fingerprint density at radius 1 is 1.33 bits per heavy atom. The van der Waals surface area contributed by atoms with Crippen molar-refractivity contribution in [2.45, 2.75) is 38.8 Å². The van der Waals surface area contributed by atoms with Crippen molar-refractivity contribution in [3.05, 3.63) is 24.3 Å². The van der Waals surface area contributed by atoms with Crippen LogP contribution in [-0.4, -0.2) is 27.2 Å². The number of nitrogens with two attached hydrogens (primary N) is 1. The molecule has 1 saturated heterocycles. The quantitative estimate of drug-likeness (QED) is 0.774. The van der Waals surface area contributed by atoms with Crippen LogP contribution in [0.15, 0.2) is 24.3 Å². The van der Waals surface area contributed by atoms with E-state index in [0.29, 0.717) is 17.6 Å². The molecule has 1 heterocycles. The van der Waals surface area contributed by atoms with Gasteiger partial charge in [-0.1, -0.05) is 19.9 Å². The van der Waals surface area contributed by atoms with E-state index in [-0.39, 0.29) is 6.10 Å². The highest BCUT2D eigenvalue weighted by molar-refractivity contribution is 7.90. The predicted octanol–water partition coefficient (Wildman–Crippen LogP) is 1.92. The maximum atomic E-state index is 11.0. The Balaban J connectivity index is 2.01. The van der Waals surface area contributed by atoms with Crippen LogP contribution >= 0.6 is 0 Å². The fourth-order valence-electron chi connectivity index (χ4n) is 2.50. The maximum absolute atomic E-state index is 11.0. The van der Waals surface area contributed by atoms with Crippen molar-refractivity contribution < 1.29 is 13.2 Å². The number of ether oxygens (including phenoxy) is 1. The average molecular weight is 313 g/mol. The first-order valence-electron chi connectivity index (χ1n) is 7.12. The third kappa shape index (κ3) is 5.18. The van der Waals surface area contributed by atoms with E-state index in [9.17, 15) is 8.42 Å². The third-order valence-corrected chi connectivity index (χ3v) is 4.07. The van der Waals surface area contributed by atoms with Gasteiger partial charge in [-0.3, -0.25) is 4.72 Å². The molecule has 2 atom stereocenters. The first-order valence-corrected chi connectivity index (χ1v) is 8.67. The highest BCUT2D eigenvalue weighted by atomic mass is 32.2. The Hall–Kier alpha value is -1.31. The first-order chi connectivity index (χ1) is 9.83. The molecule has 2 rings (SSSR count). The summed E-state index contributed by atoms with van der Waals surface area (Å²) in [6.07, 6.45) is 2.16. The van der Waals surface area contributed by atoms with Crippen LogP contribution in [0.25, 0.3) is 0 Å². The van der Waals surface area contributed by atoms with Crippen LogP contribution in [0.4, 0.5) is 11.4 Å². The van der Waals surface area contributed by atoms with E-state index in [1.165, 1.54) is 0 Å². The van der Waals surface area contributed by atoms with Gasteiger partial charge in [0.25, 0.3) is 10.2 Å². The molecule has 1 aromatic carbocycles. The van der Waals surface area contributed by atoms with Crippen molar-refractivity contribution in [2.75, 3.05) is 16.6 Å². The van der Waals surface area contributed by atoms with Crippen LogP contribution < -0.4 is 15.2 Å². The SMILES string of the molecule is CC(C)C1CC(Nc2cccc(NS(N)(=O)=O)c2)CCO1. The molecule has 0 spiro atoms. The van der Waals surface area contributed by atoms with Gasteiger partial charge in [-0.05, 0) is 37.0 Å². The molecule has 6 nitrogen and oxygen atoms in total. The fraction of sp³-hybridized carbons (Fsp3) is 0.571. The van der Waals surface area contributed by atoms with E-state index >= 15 is 0 Å². The van der Waals surface area contributed by atoms with E-state index in [1.54, 1.807) is 18.2 Å². The standard InChI is InChI=1S/C14H23N3O3S/c1-10(2)14-9-12(6-7-20-14)16-11-4-3-5-13(8-11)17-21(15,18)19/h3-5,8,10,12,14,16-17H,6-7,9H2,1-2H3,(H2,15,18,19). The Morgan fingerprint density at radius 2 is 2.05 bits per heavy atom. The van der Waals surface area contributed by atoms with Crippen molar-refractivity contribution in [3.8, 4) is 0 Å². The molecule has 1 fully saturated rings. The Labute approximate surface area is 126 Å². The number of rotatable bonds is 5. The van der Waals surface area contributed by atoms with Crippen LogP contribution in [0.2, 0.25) is 0 Å². The Bertz CT molecular complexity index is 575. The van der Waals surface area contributed by atoms with Gasteiger partial charge in [-0.15, -0.1) is 0 Å². The molecule has 0 bridgehead atoms. The molecule has 118 valence electrons. The molecule has 4 N–H and O–H groups in total. The number of hydrogen-bond acceptors (Lipinski definition) is 4. The van der Waals surface area contributed by atoms with Gasteiger partial charge in [0, 0.05) is 18.3 Å². The highest BCUT2D eigenvalue weighted by Gasteiger charge is 2.24. The van der Waals surface area contributed by atoms with E-state index in [1.807, 2.05) is 6.07 Å². The lowest BCUT2D eigenvalue weighted by Gasteiger charge is -2.33. The summed E-state index contributed by atoms with van der Waals surface area (Å²) < 4.78 is 30.1. The Kier molecular flexibility index (Phi) is 5.08. The minimum absolute atomic E-state index is 0.266. The highest BCUT2D eigenvalue weighted by Crippen LogP contribution is 2.24. The van der Waals surface area contributed by atoms with Crippen LogP contribution in [-0.2, 0) is 14.9 Å². The van der Waals surface area contributed by atoms with Crippen molar-refractivity contribution >= 4 is 21.6 Å². The molecule has 0 amide bonds. The van der Waals surface area contributed by atoms with Crippen molar-refractivity contribution in [1.82, 2.24) is 0 Å². The van der Waals surface area contributed by atoms with E-state index < -0.39 is 10.2 Å². The molecule has 1 aliphatic heterocycles. The summed E-state index contributed by atoms with van der Waals surface area (Å²) in [5.74, 6) is 0.491. The fourth-order valence-corrected chi connectivity index (χ4v) is 2.95. The third-order valence-electron chi connectivity index (χ3n) is 3.55. The zero-order valence-electron chi connectivity index (χ0n) is 12.4. The number of anilines is 2. The second-order valence-corrected chi connectivity index (χ2v) is 7.04. The largest absolute Gasteiger partial charge is 0.382 e. The van der Waals surface area contributed by atoms with Crippen LogP contribution in [0, 0.1) is 5.92 Å². The number of nitrogens with one attached hydrogen (secondary N) is 2. The molecule has 1 aromatic rings. The van der Waals surface area contributed by atoms with E-state index in [2.05, 4.69) is 23.9 Å². The summed E-state index contributed by atoms with van der Waals surface area (Å²) in [7, 11) is -3.74. The van der Waals surface area contributed by atoms with Gasteiger partial charge in [0.2, 0.25) is 0 Å². The van der Waals surface area contributed by atoms with Gasteiger partial charge in [-0.2, -0.15) is 8.42 Å². The molecule has 0 saturated carbocycles. The van der Waals surface area contributed by atoms with Gasteiger partial charge >= 0.3 is 0 Å². The molecule has 21 heavy (non-hydrogen) atoms. The average Bonchev–Trinajstić information content (AvgIpc) is 2.37. The summed E-state index contributed by atoms with van der Waals surface area (Å²) >= 11 is 0. The number of hydrogen-bond donors (Lipinski definition) is 3. The molecule has 7 heteroatoms. The minimum Gasteiger partial charge on any atom is -0.382 e. The normalized spacial score (nSPS) is 23.0. The molecular weight excluding hydrogens is 290 g/mol. The van der Waals surface area contributed by atoms with Gasteiger partial charge in [0.15, 0.2) is 0 Å². The zero-order valence-corrected chi connectivity index (χ0v) is 13.2. The van der Waals surface area contributed by atoms with Crippen molar-refractivity contribution in [2.24, 2.45) is 11.1 Å². The zero-order chi connectivity index (χ0) is 15.5. The lowest BCUT2D eigenvalue weighted by molar-refractivity contribution is -0.0160. The van der Waals surface area contributed by atoms with Gasteiger partial charge in [0.05, 0.1) is 11.8 Å². The Morgan fingerprint density at radius 3 is 2.71 bits per heavy atom. The summed E-state index contributed by atoms with van der Waals surface area (Å²) in [6, 6.07) is 7.43. The lowest BCUT2D eigenvalue weighted by atomic mass is 9.95. The summed E-state index contributed by atoms with van der Waals surface area (Å²) in [6.45, 7) is 5.06. The summed E-state index contributed by atoms with van der Waals surface area (Å²) in [5.41, 5.74) is 1.33. The first kappa shape index (κ1) is 16.1. The second kappa shape index (κ2) is 6.64.